The van der Waals surface area contributed by atoms with Gasteiger partial charge in [-0.2, -0.15) is 0 Å². The second-order valence-corrected chi connectivity index (χ2v) is 8.07. The summed E-state index contributed by atoms with van der Waals surface area (Å²) in [6.45, 7) is 5.58. The van der Waals surface area contributed by atoms with Gasteiger partial charge in [0.1, 0.15) is 5.56 Å². The lowest BCUT2D eigenvalue weighted by Gasteiger charge is -2.23. The maximum Gasteiger partial charge on any atom is 0.260 e. The Morgan fingerprint density at radius 1 is 1.48 bits per heavy atom. The van der Waals surface area contributed by atoms with E-state index in [-0.39, 0.29) is 29.3 Å². The Morgan fingerprint density at radius 3 is 2.93 bits per heavy atom. The highest BCUT2D eigenvalue weighted by molar-refractivity contribution is 7.19. The van der Waals surface area contributed by atoms with Crippen molar-refractivity contribution in [2.75, 3.05) is 12.4 Å². The number of carbonyl (C=O) groups excluding carboxylic acids is 2. The summed E-state index contributed by atoms with van der Waals surface area (Å²) in [6, 6.07) is 1.86. The van der Waals surface area contributed by atoms with E-state index in [1.807, 2.05) is 6.92 Å². The molecule has 27 heavy (non-hydrogen) atoms. The molecule has 0 saturated heterocycles. The van der Waals surface area contributed by atoms with E-state index in [0.29, 0.717) is 39.4 Å². The van der Waals surface area contributed by atoms with Gasteiger partial charge in [0.2, 0.25) is 11.8 Å². The molecule has 3 heterocycles. The number of nitrogens with one attached hydrogen (secondary N) is 1. The van der Waals surface area contributed by atoms with E-state index in [9.17, 15) is 9.59 Å². The summed E-state index contributed by atoms with van der Waals surface area (Å²) in [7, 11) is -2.74. The zero-order valence-electron chi connectivity index (χ0n) is 18.3. The third kappa shape index (κ3) is 3.18. The fourth-order valence-corrected chi connectivity index (χ4v) is 4.49. The zero-order valence-corrected chi connectivity index (χ0v) is 16.1. The van der Waals surface area contributed by atoms with Crippen LogP contribution in [-0.2, 0) is 11.3 Å². The molecule has 1 saturated carbocycles. The molecule has 0 bridgehead atoms. The summed E-state index contributed by atoms with van der Waals surface area (Å²) in [5.41, 5.74) is 2.01. The average molecular weight is 389 g/mol. The van der Waals surface area contributed by atoms with Crippen molar-refractivity contribution in [3.05, 3.63) is 22.9 Å². The SMILES string of the molecule is [2H]C([2H])([2H])Oc1nc(-c2sc(NC(C)=O)nc2C)cc2c1C(=O)N([C@@H](C)C1CC1)C2. The van der Waals surface area contributed by atoms with Gasteiger partial charge in [-0.05, 0) is 44.2 Å². The average Bonchev–Trinajstić information content (AvgIpc) is 3.33. The normalized spacial score (nSPS) is 19.1. The first-order chi connectivity index (χ1) is 14.0. The topological polar surface area (TPSA) is 84.4 Å². The van der Waals surface area contributed by atoms with Crippen LogP contribution in [0.2, 0.25) is 0 Å². The summed E-state index contributed by atoms with van der Waals surface area (Å²) in [4.78, 5) is 35.6. The van der Waals surface area contributed by atoms with E-state index in [0.717, 1.165) is 12.8 Å². The predicted octanol–water partition coefficient (Wildman–Crippen LogP) is 3.23. The number of fused-ring (bicyclic) bond motifs is 1. The molecule has 0 spiro atoms. The number of aryl methyl sites for hydroxylation is 1. The zero-order chi connectivity index (χ0) is 21.8. The molecule has 1 fully saturated rings. The standard InChI is InChI=1S/C19H22N4O3S/c1-9-16(27-19(20-9)21-11(3)24)14-7-13-8-23(10(2)12-5-6-12)18(25)15(13)17(22-14)26-4/h7,10,12H,5-6,8H2,1-4H3,(H,20,21,24)/t10-/m0/s1/i4D3. The molecule has 2 amide bonds. The Balaban J connectivity index is 1.77. The van der Waals surface area contributed by atoms with E-state index in [2.05, 4.69) is 15.3 Å². The minimum atomic E-state index is -2.74. The third-order valence-electron chi connectivity index (χ3n) is 5.09. The number of rotatable bonds is 5. The molecule has 1 aliphatic carbocycles. The lowest BCUT2D eigenvalue weighted by molar-refractivity contribution is -0.114. The first-order valence-electron chi connectivity index (χ1n) is 10.3. The van der Waals surface area contributed by atoms with Gasteiger partial charge in [-0.3, -0.25) is 9.59 Å². The molecule has 1 aliphatic heterocycles. The lowest BCUT2D eigenvalue weighted by Crippen LogP contribution is -2.34. The molecule has 0 unspecified atom stereocenters. The molecule has 7 nitrogen and oxygen atoms in total. The second kappa shape index (κ2) is 6.60. The van der Waals surface area contributed by atoms with Gasteiger partial charge in [0.25, 0.3) is 5.91 Å². The monoisotopic (exact) mass is 389 g/mol. The molecule has 1 atom stereocenters. The van der Waals surface area contributed by atoms with E-state index in [1.165, 1.54) is 18.3 Å². The summed E-state index contributed by atoms with van der Waals surface area (Å²) in [6.07, 6.45) is 2.19. The van der Waals surface area contributed by atoms with Crippen LogP contribution < -0.4 is 10.1 Å². The van der Waals surface area contributed by atoms with Crippen LogP contribution in [0.15, 0.2) is 6.07 Å². The number of anilines is 1. The summed E-state index contributed by atoms with van der Waals surface area (Å²) in [5.74, 6) is -0.194. The molecule has 1 N–H and O–H groups in total. The van der Waals surface area contributed by atoms with E-state index in [4.69, 9.17) is 8.85 Å². The van der Waals surface area contributed by atoms with Crippen molar-refractivity contribution < 1.29 is 18.4 Å². The number of hydrogen-bond acceptors (Lipinski definition) is 6. The van der Waals surface area contributed by atoms with Crippen LogP contribution in [0, 0.1) is 12.8 Å². The smallest absolute Gasteiger partial charge is 0.260 e. The first-order valence-corrected chi connectivity index (χ1v) is 9.64. The number of nitrogens with zero attached hydrogens (tertiary/aromatic N) is 3. The van der Waals surface area contributed by atoms with Crippen molar-refractivity contribution in [2.24, 2.45) is 5.92 Å². The van der Waals surface area contributed by atoms with Crippen LogP contribution in [0.4, 0.5) is 5.13 Å². The Kier molecular flexibility index (Phi) is 3.56. The predicted molar refractivity (Wildman–Crippen MR) is 103 cm³/mol. The summed E-state index contributed by atoms with van der Waals surface area (Å²) >= 11 is 1.24. The van der Waals surface area contributed by atoms with E-state index in [1.54, 1.807) is 17.9 Å². The molecule has 2 aromatic rings. The van der Waals surface area contributed by atoms with Crippen LogP contribution in [0.1, 0.15) is 52.4 Å². The molecule has 2 aromatic heterocycles. The molecule has 8 heteroatoms. The fraction of sp³-hybridized carbons (Fsp3) is 0.474. The summed E-state index contributed by atoms with van der Waals surface area (Å²) in [5, 5.41) is 3.07. The number of amides is 2. The number of pyridine rings is 1. The van der Waals surface area contributed by atoms with Gasteiger partial charge in [-0.15, -0.1) is 0 Å². The summed E-state index contributed by atoms with van der Waals surface area (Å²) < 4.78 is 27.6. The van der Waals surface area contributed by atoms with Crippen molar-refractivity contribution in [1.82, 2.24) is 14.9 Å². The van der Waals surface area contributed by atoms with Crippen molar-refractivity contribution in [3.8, 4) is 16.5 Å². The lowest BCUT2D eigenvalue weighted by atomic mass is 10.1. The van der Waals surface area contributed by atoms with Crippen LogP contribution in [0.3, 0.4) is 0 Å². The molecular formula is C19H22N4O3S. The van der Waals surface area contributed by atoms with Crippen LogP contribution in [0.5, 0.6) is 5.88 Å². The maximum atomic E-state index is 13.1. The maximum absolute atomic E-state index is 13.1. The van der Waals surface area contributed by atoms with Crippen molar-refractivity contribution in [3.63, 3.8) is 0 Å². The Labute approximate surface area is 166 Å². The highest BCUT2D eigenvalue weighted by atomic mass is 32.1. The number of hydrogen-bond donors (Lipinski definition) is 1. The Bertz CT molecular complexity index is 1030. The number of ether oxygens (including phenoxy) is 1. The van der Waals surface area contributed by atoms with Gasteiger partial charge in [-0.25, -0.2) is 9.97 Å². The van der Waals surface area contributed by atoms with Gasteiger partial charge >= 0.3 is 0 Å². The highest BCUT2D eigenvalue weighted by Gasteiger charge is 2.40. The van der Waals surface area contributed by atoms with Crippen LogP contribution in [-0.4, -0.2) is 39.8 Å². The molecule has 0 aromatic carbocycles. The minimum absolute atomic E-state index is 0.0745. The number of thiazole rings is 1. The Morgan fingerprint density at radius 2 is 2.26 bits per heavy atom. The van der Waals surface area contributed by atoms with Gasteiger partial charge in [0.15, 0.2) is 5.13 Å². The van der Waals surface area contributed by atoms with Crippen molar-refractivity contribution >= 4 is 28.3 Å². The van der Waals surface area contributed by atoms with Gasteiger partial charge in [0, 0.05) is 19.5 Å². The second-order valence-electron chi connectivity index (χ2n) is 7.07. The fourth-order valence-electron chi connectivity index (χ4n) is 3.51. The van der Waals surface area contributed by atoms with Gasteiger partial charge in [0.05, 0.1) is 27.4 Å². The van der Waals surface area contributed by atoms with E-state index >= 15 is 0 Å². The number of carbonyl (C=O) groups is 2. The quantitative estimate of drug-likeness (QED) is 0.849. The number of aromatic nitrogens is 2. The molecule has 142 valence electrons. The first kappa shape index (κ1) is 14.6. The molecule has 2 aliphatic rings. The third-order valence-corrected chi connectivity index (χ3v) is 6.18. The van der Waals surface area contributed by atoms with Gasteiger partial charge < -0.3 is 15.0 Å². The number of methoxy groups -OCH3 is 1. The van der Waals surface area contributed by atoms with Gasteiger partial charge in [-0.1, -0.05) is 11.3 Å². The Hall–Kier alpha value is -2.48. The molecule has 0 radical (unpaired) electrons. The van der Waals surface area contributed by atoms with E-state index < -0.39 is 7.04 Å². The highest BCUT2D eigenvalue weighted by Crippen LogP contribution is 2.41. The minimum Gasteiger partial charge on any atom is -0.480 e. The van der Waals surface area contributed by atoms with Crippen LogP contribution in [0.25, 0.3) is 10.6 Å². The molecule has 4 rings (SSSR count). The largest absolute Gasteiger partial charge is 0.480 e. The molecular weight excluding hydrogens is 364 g/mol. The van der Waals surface area contributed by atoms with Crippen molar-refractivity contribution in [2.45, 2.75) is 46.2 Å². The van der Waals surface area contributed by atoms with Crippen molar-refractivity contribution in [1.29, 1.82) is 0 Å². The van der Waals surface area contributed by atoms with Crippen LogP contribution >= 0.6 is 11.3 Å².